The summed E-state index contributed by atoms with van der Waals surface area (Å²) in [7, 11) is 0. The van der Waals surface area contributed by atoms with Crippen molar-refractivity contribution in [3.8, 4) is 5.75 Å². The van der Waals surface area contributed by atoms with Crippen LogP contribution in [0.5, 0.6) is 5.75 Å². The Balaban J connectivity index is 2.05. The lowest BCUT2D eigenvalue weighted by molar-refractivity contribution is 0.105. The number of aromatic hydroxyl groups is 1. The summed E-state index contributed by atoms with van der Waals surface area (Å²) in [5, 5.41) is 23.4. The Morgan fingerprint density at radius 3 is 2.58 bits per heavy atom. The van der Waals surface area contributed by atoms with Crippen LogP contribution in [-0.4, -0.2) is 47.8 Å². The average Bonchev–Trinajstić information content (AvgIpc) is 2.40. The molecule has 1 aromatic rings. The van der Waals surface area contributed by atoms with Crippen LogP contribution in [0, 0.1) is 0 Å². The molecule has 4 heteroatoms. The lowest BCUT2D eigenvalue weighted by Gasteiger charge is -2.29. The van der Waals surface area contributed by atoms with Gasteiger partial charge < -0.3 is 15.5 Å². The van der Waals surface area contributed by atoms with Gasteiger partial charge in [-0.1, -0.05) is 19.9 Å². The van der Waals surface area contributed by atoms with Gasteiger partial charge in [-0.3, -0.25) is 4.90 Å². The summed E-state index contributed by atoms with van der Waals surface area (Å²) in [5.74, 6) is 0.569. The molecule has 1 heterocycles. The van der Waals surface area contributed by atoms with Crippen LogP contribution in [-0.2, 0) is 0 Å². The molecule has 4 nitrogen and oxygen atoms in total. The van der Waals surface area contributed by atoms with Crippen LogP contribution in [0.4, 0.5) is 0 Å². The van der Waals surface area contributed by atoms with Gasteiger partial charge in [-0.25, -0.2) is 0 Å². The molecule has 1 aliphatic heterocycles. The molecule has 1 atom stereocenters. The third kappa shape index (κ3) is 3.69. The Morgan fingerprint density at radius 1 is 1.26 bits per heavy atom. The third-order valence-electron chi connectivity index (χ3n) is 3.70. The highest BCUT2D eigenvalue weighted by Gasteiger charge is 2.17. The number of aliphatic hydroxyl groups excluding tert-OH is 1. The monoisotopic (exact) mass is 264 g/mol. The molecule has 0 bridgehead atoms. The van der Waals surface area contributed by atoms with E-state index in [1.807, 2.05) is 26.0 Å². The fraction of sp³-hybridized carbons (Fsp3) is 0.600. The molecule has 1 fully saturated rings. The van der Waals surface area contributed by atoms with Crippen molar-refractivity contribution in [2.45, 2.75) is 25.9 Å². The first-order valence-corrected chi connectivity index (χ1v) is 7.02. The third-order valence-corrected chi connectivity index (χ3v) is 3.70. The molecule has 0 saturated carbocycles. The fourth-order valence-corrected chi connectivity index (χ4v) is 2.49. The van der Waals surface area contributed by atoms with Gasteiger partial charge in [-0.2, -0.15) is 0 Å². The van der Waals surface area contributed by atoms with Crippen molar-refractivity contribution in [2.75, 3.05) is 32.7 Å². The van der Waals surface area contributed by atoms with Crippen molar-refractivity contribution in [3.05, 3.63) is 29.3 Å². The highest BCUT2D eigenvalue weighted by Crippen LogP contribution is 2.28. The molecule has 2 rings (SSSR count). The van der Waals surface area contributed by atoms with E-state index in [0.29, 0.717) is 12.3 Å². The first kappa shape index (κ1) is 14.3. The maximum atomic E-state index is 10.3. The van der Waals surface area contributed by atoms with E-state index in [2.05, 4.69) is 10.2 Å². The fourth-order valence-electron chi connectivity index (χ4n) is 2.49. The standard InChI is InChI=1S/C15H24N2O2/c1-11(2)13-9-12(3-4-14(13)18)15(19)10-17-7-5-16-6-8-17/h3-4,9,11,15-16,18-19H,5-8,10H2,1-2H3. The molecule has 106 valence electrons. The second-order valence-electron chi connectivity index (χ2n) is 5.54. The smallest absolute Gasteiger partial charge is 0.119 e. The molecular weight excluding hydrogens is 240 g/mol. The molecule has 1 unspecified atom stereocenters. The lowest BCUT2D eigenvalue weighted by atomic mass is 9.97. The Morgan fingerprint density at radius 2 is 1.95 bits per heavy atom. The summed E-state index contributed by atoms with van der Waals surface area (Å²) < 4.78 is 0. The van der Waals surface area contributed by atoms with E-state index in [1.165, 1.54) is 0 Å². The molecule has 1 aromatic carbocycles. The number of nitrogens with zero attached hydrogens (tertiary/aromatic N) is 1. The van der Waals surface area contributed by atoms with Crippen LogP contribution in [0.25, 0.3) is 0 Å². The Hall–Kier alpha value is -1.10. The van der Waals surface area contributed by atoms with Gasteiger partial charge in [0.25, 0.3) is 0 Å². The molecule has 0 aromatic heterocycles. The molecule has 3 N–H and O–H groups in total. The van der Waals surface area contributed by atoms with E-state index in [4.69, 9.17) is 0 Å². The summed E-state index contributed by atoms with van der Waals surface area (Å²) in [5.41, 5.74) is 1.79. The molecular formula is C15H24N2O2. The molecule has 0 amide bonds. The summed E-state index contributed by atoms with van der Waals surface area (Å²) in [6, 6.07) is 5.42. The lowest BCUT2D eigenvalue weighted by Crippen LogP contribution is -2.44. The number of nitrogens with one attached hydrogen (secondary N) is 1. The van der Waals surface area contributed by atoms with Crippen molar-refractivity contribution in [1.29, 1.82) is 0 Å². The van der Waals surface area contributed by atoms with Crippen molar-refractivity contribution in [2.24, 2.45) is 0 Å². The number of β-amino-alcohol motifs (C(OH)–C–C–N with tert-alkyl or cyclic N) is 1. The first-order valence-electron chi connectivity index (χ1n) is 7.02. The number of aliphatic hydroxyl groups is 1. The van der Waals surface area contributed by atoms with Gasteiger partial charge in [0.1, 0.15) is 5.75 Å². The zero-order chi connectivity index (χ0) is 13.8. The van der Waals surface area contributed by atoms with E-state index in [9.17, 15) is 10.2 Å². The predicted molar refractivity (Wildman–Crippen MR) is 76.5 cm³/mol. The maximum Gasteiger partial charge on any atom is 0.119 e. The Bertz CT molecular complexity index is 415. The Kier molecular flexibility index (Phi) is 4.80. The van der Waals surface area contributed by atoms with E-state index in [1.54, 1.807) is 6.07 Å². The van der Waals surface area contributed by atoms with Gasteiger partial charge in [0.2, 0.25) is 0 Å². The number of phenols is 1. The highest BCUT2D eigenvalue weighted by atomic mass is 16.3. The summed E-state index contributed by atoms with van der Waals surface area (Å²) >= 11 is 0. The maximum absolute atomic E-state index is 10.3. The summed E-state index contributed by atoms with van der Waals surface area (Å²) in [4.78, 5) is 2.27. The zero-order valence-electron chi connectivity index (χ0n) is 11.8. The number of hydrogen-bond acceptors (Lipinski definition) is 4. The van der Waals surface area contributed by atoms with Crippen LogP contribution < -0.4 is 5.32 Å². The van der Waals surface area contributed by atoms with Gasteiger partial charge in [-0.05, 0) is 29.2 Å². The average molecular weight is 264 g/mol. The number of benzene rings is 1. The van der Waals surface area contributed by atoms with Crippen LogP contribution in [0.3, 0.4) is 0 Å². The molecule has 0 radical (unpaired) electrons. The largest absolute Gasteiger partial charge is 0.508 e. The second-order valence-corrected chi connectivity index (χ2v) is 5.54. The quantitative estimate of drug-likeness (QED) is 0.770. The minimum absolute atomic E-state index is 0.256. The van der Waals surface area contributed by atoms with Crippen molar-refractivity contribution in [3.63, 3.8) is 0 Å². The first-order chi connectivity index (χ1) is 9.08. The number of rotatable bonds is 4. The zero-order valence-corrected chi connectivity index (χ0v) is 11.8. The number of hydrogen-bond donors (Lipinski definition) is 3. The van der Waals surface area contributed by atoms with Crippen LogP contribution >= 0.6 is 0 Å². The predicted octanol–water partition coefficient (Wildman–Crippen LogP) is 1.45. The van der Waals surface area contributed by atoms with Crippen molar-refractivity contribution in [1.82, 2.24) is 10.2 Å². The van der Waals surface area contributed by atoms with Crippen LogP contribution in [0.2, 0.25) is 0 Å². The molecule has 1 aliphatic rings. The van der Waals surface area contributed by atoms with Gasteiger partial charge in [0.15, 0.2) is 0 Å². The summed E-state index contributed by atoms with van der Waals surface area (Å²) in [6.07, 6.45) is -0.490. The van der Waals surface area contributed by atoms with Gasteiger partial charge in [0.05, 0.1) is 6.10 Å². The topological polar surface area (TPSA) is 55.7 Å². The molecule has 0 spiro atoms. The van der Waals surface area contributed by atoms with Gasteiger partial charge >= 0.3 is 0 Å². The van der Waals surface area contributed by atoms with E-state index < -0.39 is 6.10 Å². The number of piperazine rings is 1. The highest BCUT2D eigenvalue weighted by molar-refractivity contribution is 5.39. The SMILES string of the molecule is CC(C)c1cc(C(O)CN2CCNCC2)ccc1O. The summed E-state index contributed by atoms with van der Waals surface area (Å²) in [6.45, 7) is 8.67. The van der Waals surface area contributed by atoms with E-state index >= 15 is 0 Å². The minimum atomic E-state index is -0.490. The van der Waals surface area contributed by atoms with Crippen molar-refractivity contribution >= 4 is 0 Å². The molecule has 19 heavy (non-hydrogen) atoms. The van der Waals surface area contributed by atoms with E-state index in [0.717, 1.165) is 37.3 Å². The minimum Gasteiger partial charge on any atom is -0.508 e. The van der Waals surface area contributed by atoms with Crippen LogP contribution in [0.15, 0.2) is 18.2 Å². The normalized spacial score (nSPS) is 18.7. The Labute approximate surface area is 115 Å². The molecule has 1 saturated heterocycles. The van der Waals surface area contributed by atoms with Crippen LogP contribution in [0.1, 0.15) is 37.0 Å². The van der Waals surface area contributed by atoms with Gasteiger partial charge in [-0.15, -0.1) is 0 Å². The number of phenolic OH excluding ortho intramolecular Hbond substituents is 1. The van der Waals surface area contributed by atoms with E-state index in [-0.39, 0.29) is 5.92 Å². The van der Waals surface area contributed by atoms with Gasteiger partial charge in [0, 0.05) is 32.7 Å². The molecule has 0 aliphatic carbocycles. The van der Waals surface area contributed by atoms with Crippen molar-refractivity contribution < 1.29 is 10.2 Å². The second kappa shape index (κ2) is 6.37.